The maximum atomic E-state index is 13.1. The van der Waals surface area contributed by atoms with Crippen LogP contribution < -0.4 is 14.8 Å². The fourth-order valence-corrected chi connectivity index (χ4v) is 3.61. The van der Waals surface area contributed by atoms with Gasteiger partial charge in [-0.05, 0) is 43.3 Å². The summed E-state index contributed by atoms with van der Waals surface area (Å²) < 4.78 is 23.9. The molecule has 6 nitrogen and oxygen atoms in total. The van der Waals surface area contributed by atoms with Crippen molar-refractivity contribution >= 4 is 17.5 Å². The van der Waals surface area contributed by atoms with Gasteiger partial charge in [-0.1, -0.05) is 0 Å². The highest BCUT2D eigenvalue weighted by atomic mass is 19.1. The zero-order valence-corrected chi connectivity index (χ0v) is 16.1. The summed E-state index contributed by atoms with van der Waals surface area (Å²) in [5.41, 5.74) is 1.23. The molecule has 1 heterocycles. The van der Waals surface area contributed by atoms with Gasteiger partial charge in [-0.25, -0.2) is 4.39 Å². The number of carbonyl (C=O) groups is 2. The van der Waals surface area contributed by atoms with Crippen molar-refractivity contribution < 1.29 is 23.5 Å². The molecule has 2 aromatic carbocycles. The molecule has 0 spiro atoms. The van der Waals surface area contributed by atoms with Gasteiger partial charge >= 0.3 is 0 Å². The quantitative estimate of drug-likeness (QED) is 0.826. The number of halogens is 1. The lowest BCUT2D eigenvalue weighted by atomic mass is 9.91. The Kier molecular flexibility index (Phi) is 5.82. The highest BCUT2D eigenvalue weighted by Crippen LogP contribution is 2.43. The van der Waals surface area contributed by atoms with E-state index in [1.807, 2.05) is 13.0 Å². The second-order valence-corrected chi connectivity index (χ2v) is 6.54. The van der Waals surface area contributed by atoms with Crippen molar-refractivity contribution in [3.8, 4) is 11.5 Å². The first-order chi connectivity index (χ1) is 13.5. The molecule has 148 valence electrons. The first kappa shape index (κ1) is 19.7. The van der Waals surface area contributed by atoms with Crippen LogP contribution in [0.25, 0.3) is 0 Å². The average molecular weight is 386 g/mol. The summed E-state index contributed by atoms with van der Waals surface area (Å²) in [5, 5.41) is 2.79. The number of nitrogens with one attached hydrogen (secondary N) is 1. The van der Waals surface area contributed by atoms with E-state index >= 15 is 0 Å². The van der Waals surface area contributed by atoms with Crippen LogP contribution in [0.4, 0.5) is 10.1 Å². The minimum absolute atomic E-state index is 0.0929. The van der Waals surface area contributed by atoms with Crippen LogP contribution in [0.2, 0.25) is 0 Å². The third-order valence-electron chi connectivity index (χ3n) is 4.98. The molecule has 0 radical (unpaired) electrons. The van der Waals surface area contributed by atoms with E-state index in [-0.39, 0.29) is 24.1 Å². The molecule has 2 amide bonds. The summed E-state index contributed by atoms with van der Waals surface area (Å²) in [6, 6.07) is 10.4. The van der Waals surface area contributed by atoms with Gasteiger partial charge in [0.2, 0.25) is 11.8 Å². The van der Waals surface area contributed by atoms with Gasteiger partial charge in [-0.2, -0.15) is 0 Å². The normalized spacial score (nSPS) is 18.9. The lowest BCUT2D eigenvalue weighted by Gasteiger charge is -2.28. The number of ether oxygens (including phenoxy) is 2. The lowest BCUT2D eigenvalue weighted by molar-refractivity contribution is -0.129. The van der Waals surface area contributed by atoms with Crippen LogP contribution in [0, 0.1) is 11.7 Å². The molecular formula is C21H23FN2O4. The molecule has 1 aliphatic heterocycles. The molecule has 2 atom stereocenters. The van der Waals surface area contributed by atoms with Gasteiger partial charge < -0.3 is 19.7 Å². The minimum atomic E-state index is -0.597. The van der Waals surface area contributed by atoms with Gasteiger partial charge in [0.25, 0.3) is 0 Å². The van der Waals surface area contributed by atoms with E-state index < -0.39 is 12.0 Å². The Bertz CT molecular complexity index is 869. The van der Waals surface area contributed by atoms with Crippen molar-refractivity contribution in [3.63, 3.8) is 0 Å². The number of rotatable bonds is 6. The van der Waals surface area contributed by atoms with Crippen LogP contribution in [0.3, 0.4) is 0 Å². The van der Waals surface area contributed by atoms with Gasteiger partial charge in [0.1, 0.15) is 17.3 Å². The molecule has 3 rings (SSSR count). The standard InChI is InChI=1S/C21H23FN2O4/c1-4-24-19(25)12-17(21(26)23-14-7-5-13(22)6-8-14)20(24)16-10-9-15(27-2)11-18(16)28-3/h5-11,17,20H,4,12H2,1-3H3,(H,23,26)/t17-,20+/m1/s1. The van der Waals surface area contributed by atoms with Crippen molar-refractivity contribution in [3.05, 3.63) is 53.8 Å². The molecule has 0 unspecified atom stereocenters. The Hall–Kier alpha value is -3.09. The smallest absolute Gasteiger partial charge is 0.230 e. The summed E-state index contributed by atoms with van der Waals surface area (Å²) in [5.74, 6) is -0.187. The lowest BCUT2D eigenvalue weighted by Crippen LogP contribution is -2.32. The molecule has 0 aliphatic carbocycles. The Labute approximate surface area is 163 Å². The fraction of sp³-hybridized carbons (Fsp3) is 0.333. The molecule has 1 saturated heterocycles. The van der Waals surface area contributed by atoms with Crippen LogP contribution in [0.1, 0.15) is 24.9 Å². The van der Waals surface area contributed by atoms with E-state index in [0.29, 0.717) is 23.7 Å². The zero-order chi connectivity index (χ0) is 20.3. The van der Waals surface area contributed by atoms with Gasteiger partial charge in [0.15, 0.2) is 0 Å². The molecule has 2 aromatic rings. The van der Waals surface area contributed by atoms with E-state index in [4.69, 9.17) is 9.47 Å². The molecule has 0 aromatic heterocycles. The van der Waals surface area contributed by atoms with E-state index in [1.165, 1.54) is 24.3 Å². The maximum absolute atomic E-state index is 13.1. The van der Waals surface area contributed by atoms with E-state index in [0.717, 1.165) is 5.56 Å². The van der Waals surface area contributed by atoms with E-state index in [1.54, 1.807) is 31.3 Å². The van der Waals surface area contributed by atoms with Crippen molar-refractivity contribution in [2.45, 2.75) is 19.4 Å². The SMILES string of the molecule is CCN1C(=O)C[C@@H](C(=O)Nc2ccc(F)cc2)[C@@H]1c1ccc(OC)cc1OC. The number of benzene rings is 2. The maximum Gasteiger partial charge on any atom is 0.230 e. The van der Waals surface area contributed by atoms with Crippen molar-refractivity contribution in [2.24, 2.45) is 5.92 Å². The fourth-order valence-electron chi connectivity index (χ4n) is 3.61. The number of amides is 2. The van der Waals surface area contributed by atoms with Gasteiger partial charge in [0.05, 0.1) is 26.2 Å². The predicted octanol–water partition coefficient (Wildman–Crippen LogP) is 3.39. The second-order valence-electron chi connectivity index (χ2n) is 6.54. The summed E-state index contributed by atoms with van der Waals surface area (Å²) >= 11 is 0. The zero-order valence-electron chi connectivity index (χ0n) is 16.1. The second kappa shape index (κ2) is 8.29. The summed E-state index contributed by atoms with van der Waals surface area (Å²) in [7, 11) is 3.10. The first-order valence-corrected chi connectivity index (χ1v) is 9.06. The molecule has 28 heavy (non-hydrogen) atoms. The largest absolute Gasteiger partial charge is 0.497 e. The van der Waals surface area contributed by atoms with Crippen LogP contribution >= 0.6 is 0 Å². The highest BCUT2D eigenvalue weighted by Gasteiger charge is 2.45. The summed E-state index contributed by atoms with van der Waals surface area (Å²) in [6.07, 6.45) is 0.0979. The van der Waals surface area contributed by atoms with Crippen molar-refractivity contribution in [2.75, 3.05) is 26.1 Å². The van der Waals surface area contributed by atoms with Gasteiger partial charge in [-0.3, -0.25) is 9.59 Å². The minimum Gasteiger partial charge on any atom is -0.497 e. The van der Waals surface area contributed by atoms with Gasteiger partial charge in [0, 0.05) is 30.3 Å². The third-order valence-corrected chi connectivity index (χ3v) is 4.98. The molecular weight excluding hydrogens is 363 g/mol. The van der Waals surface area contributed by atoms with Gasteiger partial charge in [-0.15, -0.1) is 0 Å². The topological polar surface area (TPSA) is 67.9 Å². The predicted molar refractivity (Wildman–Crippen MR) is 103 cm³/mol. The number of nitrogens with zero attached hydrogens (tertiary/aromatic N) is 1. The monoisotopic (exact) mass is 386 g/mol. The molecule has 1 aliphatic rings. The van der Waals surface area contributed by atoms with Crippen molar-refractivity contribution in [1.29, 1.82) is 0 Å². The molecule has 1 fully saturated rings. The van der Waals surface area contributed by atoms with Crippen LogP contribution in [0.5, 0.6) is 11.5 Å². The van der Waals surface area contributed by atoms with Crippen LogP contribution in [-0.2, 0) is 9.59 Å². The molecule has 7 heteroatoms. The van der Waals surface area contributed by atoms with Crippen LogP contribution in [-0.4, -0.2) is 37.5 Å². The number of methoxy groups -OCH3 is 2. The molecule has 0 saturated carbocycles. The Morgan fingerprint density at radius 1 is 1.18 bits per heavy atom. The number of anilines is 1. The number of likely N-dealkylation sites (tertiary alicyclic amines) is 1. The number of hydrogen-bond donors (Lipinski definition) is 1. The van der Waals surface area contributed by atoms with E-state index in [2.05, 4.69) is 5.32 Å². The molecule has 0 bridgehead atoms. The average Bonchev–Trinajstić information content (AvgIpc) is 3.05. The summed E-state index contributed by atoms with van der Waals surface area (Å²) in [4.78, 5) is 27.2. The Morgan fingerprint density at radius 2 is 1.89 bits per heavy atom. The van der Waals surface area contributed by atoms with Crippen LogP contribution in [0.15, 0.2) is 42.5 Å². The Balaban J connectivity index is 1.94. The van der Waals surface area contributed by atoms with Crippen molar-refractivity contribution in [1.82, 2.24) is 4.90 Å². The number of hydrogen-bond acceptors (Lipinski definition) is 4. The van der Waals surface area contributed by atoms with E-state index in [9.17, 15) is 14.0 Å². The Morgan fingerprint density at radius 3 is 2.50 bits per heavy atom. The highest BCUT2D eigenvalue weighted by molar-refractivity contribution is 5.98. The first-order valence-electron chi connectivity index (χ1n) is 9.06. The number of carbonyl (C=O) groups excluding carboxylic acids is 2. The summed E-state index contributed by atoms with van der Waals surface area (Å²) in [6.45, 7) is 2.35. The third kappa shape index (κ3) is 3.78. The molecule has 1 N–H and O–H groups in total.